The number of carbonyl (C=O) groups is 1. The summed E-state index contributed by atoms with van der Waals surface area (Å²) in [6.07, 6.45) is 14.5. The van der Waals surface area contributed by atoms with Crippen LogP contribution < -0.4 is 4.74 Å². The predicted molar refractivity (Wildman–Crippen MR) is 144 cm³/mol. The van der Waals surface area contributed by atoms with E-state index in [1.807, 2.05) is 34.1 Å². The van der Waals surface area contributed by atoms with Gasteiger partial charge in [0, 0.05) is 13.0 Å². The lowest BCUT2D eigenvalue weighted by atomic mass is 9.45. The van der Waals surface area contributed by atoms with Crippen LogP contribution >= 0.6 is 0 Å². The molecule has 0 amide bonds. The van der Waals surface area contributed by atoms with Crippen molar-refractivity contribution in [2.24, 2.45) is 39.9 Å². The molecular weight excluding hydrogens is 464 g/mol. The number of hydrogen-bond donors (Lipinski definition) is 1. The van der Waals surface area contributed by atoms with Gasteiger partial charge >= 0.3 is 0 Å². The molecule has 1 heterocycles. The number of fused-ring (bicyclic) bond motifs is 6. The molecule has 37 heavy (non-hydrogen) atoms. The summed E-state index contributed by atoms with van der Waals surface area (Å²) < 4.78 is 13.5. The molecule has 8 atom stereocenters. The smallest absolute Gasteiger partial charge is 0.157 e. The summed E-state index contributed by atoms with van der Waals surface area (Å²) in [4.78, 5) is 13.8. The lowest BCUT2D eigenvalue weighted by Crippen LogP contribution is -2.54. The third-order valence-corrected chi connectivity index (χ3v) is 11.4. The van der Waals surface area contributed by atoms with Crippen molar-refractivity contribution in [2.75, 3.05) is 13.7 Å². The van der Waals surface area contributed by atoms with Gasteiger partial charge in [-0.2, -0.15) is 5.10 Å². The van der Waals surface area contributed by atoms with Crippen molar-refractivity contribution in [3.05, 3.63) is 12.4 Å². The van der Waals surface area contributed by atoms with Gasteiger partial charge in [-0.3, -0.25) is 9.48 Å². The number of methoxy groups -OCH3 is 1. The molecule has 5 rings (SSSR count). The molecule has 4 aliphatic rings. The second-order valence-electron chi connectivity index (χ2n) is 14.4. The molecule has 4 fully saturated rings. The van der Waals surface area contributed by atoms with Crippen LogP contribution in [0.1, 0.15) is 98.8 Å². The van der Waals surface area contributed by atoms with Crippen molar-refractivity contribution in [3.8, 4) is 5.75 Å². The number of hydrogen-bond acceptors (Lipinski definition) is 5. The van der Waals surface area contributed by atoms with Crippen LogP contribution in [0.25, 0.3) is 0 Å². The molecule has 1 aromatic heterocycles. The number of rotatable bonds is 7. The molecule has 0 aliphatic heterocycles. The maximum Gasteiger partial charge on any atom is 0.157 e. The normalized spacial score (nSPS) is 43.6. The number of Topliss-reactive ketones (excluding diaryl/α,β-unsaturated/α-hetero) is 1. The van der Waals surface area contributed by atoms with E-state index in [1.54, 1.807) is 10.9 Å². The fourth-order valence-electron chi connectivity index (χ4n) is 10.2. The van der Waals surface area contributed by atoms with E-state index in [0.717, 1.165) is 50.9 Å². The van der Waals surface area contributed by atoms with Crippen LogP contribution in [-0.2, 0) is 16.1 Å². The highest BCUT2D eigenvalue weighted by molar-refractivity contribution is 5.82. The Morgan fingerprint density at radius 2 is 1.81 bits per heavy atom. The zero-order valence-electron chi connectivity index (χ0n) is 24.1. The van der Waals surface area contributed by atoms with Crippen LogP contribution in [0, 0.1) is 39.9 Å². The molecule has 208 valence electrons. The zero-order chi connectivity index (χ0) is 26.6. The summed E-state index contributed by atoms with van der Waals surface area (Å²) in [5.74, 6) is 2.86. The third kappa shape index (κ3) is 4.79. The van der Waals surface area contributed by atoms with Crippen LogP contribution in [0.15, 0.2) is 12.4 Å². The van der Waals surface area contributed by atoms with Gasteiger partial charge < -0.3 is 14.6 Å². The summed E-state index contributed by atoms with van der Waals surface area (Å²) in [6, 6.07) is 0. The van der Waals surface area contributed by atoms with Gasteiger partial charge in [-0.05, 0) is 119 Å². The van der Waals surface area contributed by atoms with E-state index in [4.69, 9.17) is 9.47 Å². The molecule has 0 saturated heterocycles. The minimum Gasteiger partial charge on any atom is -0.488 e. The topological polar surface area (TPSA) is 73.6 Å². The quantitative estimate of drug-likeness (QED) is 0.479. The number of ketones is 1. The number of carbonyl (C=O) groups excluding carboxylic acids is 1. The van der Waals surface area contributed by atoms with Crippen LogP contribution in [0.4, 0.5) is 0 Å². The van der Waals surface area contributed by atoms with E-state index in [2.05, 4.69) is 18.9 Å². The van der Waals surface area contributed by atoms with Gasteiger partial charge in [0.1, 0.15) is 0 Å². The Morgan fingerprint density at radius 1 is 1.05 bits per heavy atom. The van der Waals surface area contributed by atoms with Gasteiger partial charge in [0.25, 0.3) is 0 Å². The van der Waals surface area contributed by atoms with Crippen LogP contribution in [0.3, 0.4) is 0 Å². The molecule has 0 unspecified atom stereocenters. The van der Waals surface area contributed by atoms with Crippen LogP contribution in [-0.4, -0.2) is 46.1 Å². The summed E-state index contributed by atoms with van der Waals surface area (Å²) in [6.45, 7) is 12.2. The van der Waals surface area contributed by atoms with E-state index >= 15 is 0 Å². The Kier molecular flexibility index (Phi) is 7.09. The first-order chi connectivity index (χ1) is 17.4. The van der Waals surface area contributed by atoms with Gasteiger partial charge in [-0.1, -0.05) is 13.8 Å². The monoisotopic (exact) mass is 514 g/mol. The second kappa shape index (κ2) is 9.66. The second-order valence-corrected chi connectivity index (χ2v) is 14.4. The minimum atomic E-state index is -0.561. The average Bonchev–Trinajstić information content (AvgIpc) is 3.33. The fraction of sp³-hybridized carbons (Fsp3) is 0.871. The molecular formula is C31H50N2O4. The first-order valence-electron chi connectivity index (χ1n) is 14.8. The van der Waals surface area contributed by atoms with Crippen molar-refractivity contribution < 1.29 is 19.4 Å². The minimum absolute atomic E-state index is 0.0427. The number of aliphatic hydroxyl groups is 1. The SMILES string of the molecule is COC[C@@]12CC[C@@](C)(O)C[C@H](CC[C@@]3(C)[C@@H]4CC[C@H](C(=O)Cn5cc(OC(C)C)cn5)[C@@]4(C)CC[C@H]13)C2. The van der Waals surface area contributed by atoms with Crippen molar-refractivity contribution >= 4 is 5.78 Å². The highest BCUT2D eigenvalue weighted by Crippen LogP contribution is 2.71. The van der Waals surface area contributed by atoms with E-state index in [0.29, 0.717) is 30.1 Å². The highest BCUT2D eigenvalue weighted by atomic mass is 16.5. The molecule has 6 nitrogen and oxygen atoms in total. The van der Waals surface area contributed by atoms with Gasteiger partial charge in [-0.15, -0.1) is 0 Å². The number of nitrogens with zero attached hydrogens (tertiary/aromatic N) is 2. The molecule has 0 radical (unpaired) electrons. The third-order valence-electron chi connectivity index (χ3n) is 11.4. The molecule has 1 aromatic rings. The van der Waals surface area contributed by atoms with E-state index in [9.17, 15) is 9.90 Å². The Bertz CT molecular complexity index is 988. The van der Waals surface area contributed by atoms with Gasteiger partial charge in [0.2, 0.25) is 0 Å². The molecule has 4 aliphatic carbocycles. The van der Waals surface area contributed by atoms with Gasteiger partial charge in [0.15, 0.2) is 11.5 Å². The molecule has 4 saturated carbocycles. The zero-order valence-corrected chi connectivity index (χ0v) is 24.1. The molecule has 0 aromatic carbocycles. The van der Waals surface area contributed by atoms with Gasteiger partial charge in [-0.25, -0.2) is 0 Å². The van der Waals surface area contributed by atoms with E-state index in [-0.39, 0.29) is 28.3 Å². The van der Waals surface area contributed by atoms with Crippen LogP contribution in [0.2, 0.25) is 0 Å². The first kappa shape index (κ1) is 27.2. The summed E-state index contributed by atoms with van der Waals surface area (Å²) in [5.41, 5.74) is -0.172. The Hall–Kier alpha value is -1.40. The average molecular weight is 515 g/mol. The number of ether oxygens (including phenoxy) is 2. The number of aromatic nitrogens is 2. The summed E-state index contributed by atoms with van der Waals surface area (Å²) in [5, 5.41) is 15.5. The molecule has 6 heteroatoms. The largest absolute Gasteiger partial charge is 0.488 e. The maximum atomic E-state index is 13.8. The Balaban J connectivity index is 1.39. The van der Waals surface area contributed by atoms with E-state index < -0.39 is 5.60 Å². The van der Waals surface area contributed by atoms with E-state index in [1.165, 1.54) is 25.7 Å². The van der Waals surface area contributed by atoms with Crippen molar-refractivity contribution in [3.63, 3.8) is 0 Å². The lowest BCUT2D eigenvalue weighted by Gasteiger charge is -2.59. The predicted octanol–water partition coefficient (Wildman–Crippen LogP) is 6.06. The van der Waals surface area contributed by atoms with Crippen molar-refractivity contribution in [2.45, 2.75) is 117 Å². The summed E-state index contributed by atoms with van der Waals surface area (Å²) in [7, 11) is 1.86. The van der Waals surface area contributed by atoms with Crippen molar-refractivity contribution in [1.29, 1.82) is 0 Å². The first-order valence-corrected chi connectivity index (χ1v) is 14.8. The Morgan fingerprint density at radius 3 is 2.54 bits per heavy atom. The summed E-state index contributed by atoms with van der Waals surface area (Å²) >= 11 is 0. The lowest BCUT2D eigenvalue weighted by molar-refractivity contribution is -0.142. The van der Waals surface area contributed by atoms with Crippen LogP contribution in [0.5, 0.6) is 5.75 Å². The fourth-order valence-corrected chi connectivity index (χ4v) is 10.2. The maximum absolute atomic E-state index is 13.8. The molecule has 2 bridgehead atoms. The standard InChI is InChI=1S/C31H50N2O4/c1-21(2)37-23-17-32-33(18-23)19-25(34)24-7-8-26-29(24,4)12-10-27-30(26,5)11-9-22-15-28(3,35)13-14-31(27,16-22)20-36-6/h17-18,21-22,24,26-27,35H,7-16,19-20H2,1-6H3/t22-,24+,26+,27-,28+,29+,30-,31-/m0/s1. The van der Waals surface area contributed by atoms with Gasteiger partial charge in [0.05, 0.1) is 37.3 Å². The molecule has 1 N–H and O–H groups in total. The Labute approximate surface area is 223 Å². The highest BCUT2D eigenvalue weighted by Gasteiger charge is 2.65. The molecule has 0 spiro atoms. The van der Waals surface area contributed by atoms with Crippen molar-refractivity contribution in [1.82, 2.24) is 9.78 Å².